The van der Waals surface area contributed by atoms with Gasteiger partial charge in [0.25, 0.3) is 0 Å². The largest absolute Gasteiger partial charge is 0.496 e. The minimum atomic E-state index is -0.0650. The Hall–Kier alpha value is -1.07. The van der Waals surface area contributed by atoms with Crippen LogP contribution in [0.15, 0.2) is 12.1 Å². The molecule has 0 bridgehead atoms. The van der Waals surface area contributed by atoms with Crippen molar-refractivity contribution in [2.24, 2.45) is 0 Å². The quantitative estimate of drug-likeness (QED) is 0.647. The second-order valence-electron chi connectivity index (χ2n) is 3.79. The molecular weight excluding hydrogens is 238 g/mol. The zero-order valence-corrected chi connectivity index (χ0v) is 11.7. The van der Waals surface area contributed by atoms with Crippen molar-refractivity contribution in [2.75, 3.05) is 35.4 Å². The third-order valence-electron chi connectivity index (χ3n) is 2.50. The fourth-order valence-electron chi connectivity index (χ4n) is 1.53. The molecule has 0 aromatic heterocycles. The molecule has 0 aliphatic rings. The minimum Gasteiger partial charge on any atom is -0.496 e. The smallest absolute Gasteiger partial charge is 0.164 e. The highest BCUT2D eigenvalue weighted by molar-refractivity contribution is 7.80. The fraction of sp³-hybridized carbons (Fsp3) is 0.500. The Bertz CT molecular complexity index is 382. The fourth-order valence-corrected chi connectivity index (χ4v) is 1.73. The average Bonchev–Trinajstić information content (AvgIpc) is 2.35. The van der Waals surface area contributed by atoms with Crippen LogP contribution in [0.2, 0.25) is 0 Å². The number of methoxy groups -OCH3 is 3. The summed E-state index contributed by atoms with van der Waals surface area (Å²) in [7, 11) is 8.74. The summed E-state index contributed by atoms with van der Waals surface area (Å²) >= 11 is 4.54. The molecule has 0 N–H and O–H groups in total. The molecule has 1 aromatic rings. The second-order valence-corrected chi connectivity index (χ2v) is 4.28. The van der Waals surface area contributed by atoms with E-state index in [0.29, 0.717) is 11.5 Å². The van der Waals surface area contributed by atoms with Gasteiger partial charge in [-0.05, 0) is 20.2 Å². The Morgan fingerprint density at radius 1 is 0.941 bits per heavy atom. The van der Waals surface area contributed by atoms with Crippen LogP contribution >= 0.6 is 12.6 Å². The molecule has 1 aromatic carbocycles. The normalized spacial score (nSPS) is 12.4. The van der Waals surface area contributed by atoms with E-state index in [1.807, 2.05) is 25.1 Å². The zero-order chi connectivity index (χ0) is 13.0. The van der Waals surface area contributed by atoms with E-state index in [1.54, 1.807) is 27.4 Å². The molecule has 0 saturated heterocycles. The van der Waals surface area contributed by atoms with Crippen molar-refractivity contribution < 1.29 is 14.2 Å². The maximum absolute atomic E-state index is 5.35. The van der Waals surface area contributed by atoms with E-state index in [-0.39, 0.29) is 5.37 Å². The lowest BCUT2D eigenvalue weighted by molar-refractivity contribution is 0.338. The number of hydrogen-bond acceptors (Lipinski definition) is 5. The first-order chi connectivity index (χ1) is 8.04. The van der Waals surface area contributed by atoms with Gasteiger partial charge < -0.3 is 14.2 Å². The Morgan fingerprint density at radius 2 is 1.41 bits per heavy atom. The zero-order valence-electron chi connectivity index (χ0n) is 10.9. The first-order valence-corrected chi connectivity index (χ1v) is 5.71. The Labute approximate surface area is 108 Å². The molecule has 96 valence electrons. The monoisotopic (exact) mass is 257 g/mol. The molecule has 0 saturated carbocycles. The minimum absolute atomic E-state index is 0.0650. The van der Waals surface area contributed by atoms with Gasteiger partial charge in [0.05, 0.1) is 26.7 Å². The SMILES string of the molecule is COc1cc(OC)c(C(S)N(C)C)cc1OC. The van der Waals surface area contributed by atoms with Crippen molar-refractivity contribution in [1.82, 2.24) is 4.90 Å². The van der Waals surface area contributed by atoms with Gasteiger partial charge in [0.1, 0.15) is 5.75 Å². The van der Waals surface area contributed by atoms with Crippen molar-refractivity contribution in [2.45, 2.75) is 5.37 Å². The van der Waals surface area contributed by atoms with Gasteiger partial charge in [-0.3, -0.25) is 4.90 Å². The van der Waals surface area contributed by atoms with Gasteiger partial charge in [-0.2, -0.15) is 12.6 Å². The van der Waals surface area contributed by atoms with Crippen LogP contribution in [0.25, 0.3) is 0 Å². The Morgan fingerprint density at radius 3 is 1.82 bits per heavy atom. The molecule has 1 unspecified atom stereocenters. The summed E-state index contributed by atoms with van der Waals surface area (Å²) in [6.07, 6.45) is 0. The standard InChI is InChI=1S/C12H19NO3S/c1-13(2)12(17)8-6-10(15-4)11(16-5)7-9(8)14-3/h6-7,12,17H,1-5H3. The van der Waals surface area contributed by atoms with E-state index in [1.165, 1.54) is 0 Å². The van der Waals surface area contributed by atoms with Crippen LogP contribution in [-0.2, 0) is 0 Å². The van der Waals surface area contributed by atoms with E-state index in [4.69, 9.17) is 14.2 Å². The lowest BCUT2D eigenvalue weighted by Crippen LogP contribution is -2.15. The maximum atomic E-state index is 5.35. The molecule has 0 radical (unpaired) electrons. The molecule has 0 amide bonds. The van der Waals surface area contributed by atoms with E-state index in [9.17, 15) is 0 Å². The first-order valence-electron chi connectivity index (χ1n) is 5.19. The molecule has 5 heteroatoms. The van der Waals surface area contributed by atoms with Gasteiger partial charge in [0.2, 0.25) is 0 Å². The highest BCUT2D eigenvalue weighted by Gasteiger charge is 2.18. The number of rotatable bonds is 5. The molecule has 0 heterocycles. The second kappa shape index (κ2) is 6.02. The predicted octanol–water partition coefficient (Wildman–Crippen LogP) is 2.20. The van der Waals surface area contributed by atoms with Crippen molar-refractivity contribution in [3.05, 3.63) is 17.7 Å². The Balaban J connectivity index is 3.28. The van der Waals surface area contributed by atoms with Crippen LogP contribution in [0.4, 0.5) is 0 Å². The predicted molar refractivity (Wildman–Crippen MR) is 71.5 cm³/mol. The van der Waals surface area contributed by atoms with Crippen LogP contribution in [0.3, 0.4) is 0 Å². The summed E-state index contributed by atoms with van der Waals surface area (Å²) < 4.78 is 15.9. The lowest BCUT2D eigenvalue weighted by Gasteiger charge is -2.22. The third kappa shape index (κ3) is 2.98. The third-order valence-corrected chi connectivity index (χ3v) is 3.24. The summed E-state index contributed by atoms with van der Waals surface area (Å²) in [5.74, 6) is 2.05. The topological polar surface area (TPSA) is 30.9 Å². The van der Waals surface area contributed by atoms with Crippen LogP contribution in [-0.4, -0.2) is 40.3 Å². The van der Waals surface area contributed by atoms with Gasteiger partial charge in [-0.15, -0.1) is 0 Å². The number of thiol groups is 1. The molecule has 0 aliphatic carbocycles. The van der Waals surface area contributed by atoms with E-state index < -0.39 is 0 Å². The van der Waals surface area contributed by atoms with Crippen LogP contribution < -0.4 is 14.2 Å². The van der Waals surface area contributed by atoms with Crippen molar-refractivity contribution >= 4 is 12.6 Å². The average molecular weight is 257 g/mol. The summed E-state index contributed by atoms with van der Waals surface area (Å²) in [5, 5.41) is -0.0650. The molecule has 0 fully saturated rings. The number of ether oxygens (including phenoxy) is 3. The molecule has 1 atom stereocenters. The first kappa shape index (κ1) is 14.0. The highest BCUT2D eigenvalue weighted by atomic mass is 32.1. The lowest BCUT2D eigenvalue weighted by atomic mass is 10.1. The van der Waals surface area contributed by atoms with Gasteiger partial charge >= 0.3 is 0 Å². The van der Waals surface area contributed by atoms with Crippen LogP contribution in [0.5, 0.6) is 17.2 Å². The van der Waals surface area contributed by atoms with Crippen molar-refractivity contribution in [1.29, 1.82) is 0 Å². The van der Waals surface area contributed by atoms with E-state index in [2.05, 4.69) is 12.6 Å². The molecule has 0 aliphatic heterocycles. The molecular formula is C12H19NO3S. The van der Waals surface area contributed by atoms with E-state index in [0.717, 1.165) is 11.3 Å². The Kier molecular flexibility index (Phi) is 4.96. The molecule has 1 rings (SSSR count). The van der Waals surface area contributed by atoms with Crippen molar-refractivity contribution in [3.63, 3.8) is 0 Å². The summed E-state index contributed by atoms with van der Waals surface area (Å²) in [4.78, 5) is 1.98. The van der Waals surface area contributed by atoms with Crippen LogP contribution in [0, 0.1) is 0 Å². The highest BCUT2D eigenvalue weighted by Crippen LogP contribution is 2.39. The summed E-state index contributed by atoms with van der Waals surface area (Å²) in [6.45, 7) is 0. The van der Waals surface area contributed by atoms with Gasteiger partial charge in [0.15, 0.2) is 11.5 Å². The van der Waals surface area contributed by atoms with E-state index >= 15 is 0 Å². The van der Waals surface area contributed by atoms with Crippen LogP contribution in [0.1, 0.15) is 10.9 Å². The summed E-state index contributed by atoms with van der Waals surface area (Å²) in [6, 6.07) is 3.69. The number of nitrogens with zero attached hydrogens (tertiary/aromatic N) is 1. The van der Waals surface area contributed by atoms with Gasteiger partial charge in [0, 0.05) is 11.6 Å². The maximum Gasteiger partial charge on any atom is 0.164 e. The van der Waals surface area contributed by atoms with Crippen molar-refractivity contribution in [3.8, 4) is 17.2 Å². The molecule has 4 nitrogen and oxygen atoms in total. The molecule has 0 spiro atoms. The number of hydrogen-bond donors (Lipinski definition) is 1. The van der Waals surface area contributed by atoms with Gasteiger partial charge in [-0.25, -0.2) is 0 Å². The molecule has 17 heavy (non-hydrogen) atoms. The number of benzene rings is 1. The van der Waals surface area contributed by atoms with Gasteiger partial charge in [-0.1, -0.05) is 0 Å². The summed E-state index contributed by atoms with van der Waals surface area (Å²) in [5.41, 5.74) is 0.943.